The van der Waals surface area contributed by atoms with Gasteiger partial charge in [0.2, 0.25) is 5.91 Å². The lowest BCUT2D eigenvalue weighted by atomic mass is 10.3. The molecular formula is C18H19N3O3S2. The molecule has 3 rings (SSSR count). The van der Waals surface area contributed by atoms with E-state index in [1.54, 1.807) is 34.8 Å². The molecule has 0 aromatic carbocycles. The van der Waals surface area contributed by atoms with E-state index in [0.29, 0.717) is 18.8 Å². The van der Waals surface area contributed by atoms with Crippen LogP contribution in [0.2, 0.25) is 0 Å². The summed E-state index contributed by atoms with van der Waals surface area (Å²) in [5, 5.41) is 9.00. The van der Waals surface area contributed by atoms with E-state index in [0.717, 1.165) is 0 Å². The van der Waals surface area contributed by atoms with Crippen molar-refractivity contribution in [3.63, 3.8) is 0 Å². The summed E-state index contributed by atoms with van der Waals surface area (Å²) in [7, 11) is 0. The molecular weight excluding hydrogens is 370 g/mol. The molecule has 0 spiro atoms. The molecule has 0 aliphatic heterocycles. The van der Waals surface area contributed by atoms with Gasteiger partial charge in [0.25, 0.3) is 0 Å². The Bertz CT molecular complexity index is 763. The number of carbonyl (C=O) groups excluding carboxylic acids is 2. The number of rotatable bonds is 8. The summed E-state index contributed by atoms with van der Waals surface area (Å²) in [6.45, 7) is 1.71. The summed E-state index contributed by atoms with van der Waals surface area (Å²) in [5.41, 5.74) is 0. The molecule has 136 valence electrons. The van der Waals surface area contributed by atoms with Gasteiger partial charge in [-0.15, -0.1) is 22.7 Å². The van der Waals surface area contributed by atoms with Gasteiger partial charge < -0.3 is 9.73 Å². The normalized spacial score (nSPS) is 10.8. The number of nitrogens with zero attached hydrogens (tertiary/aromatic N) is 1. The van der Waals surface area contributed by atoms with Crippen LogP contribution in [0.5, 0.6) is 0 Å². The first kappa shape index (κ1) is 18.4. The molecule has 0 unspecified atom stereocenters. The minimum absolute atomic E-state index is 0.143. The lowest BCUT2D eigenvalue weighted by molar-refractivity contribution is -0.121. The average molecular weight is 390 g/mol. The fraction of sp³-hybridized carbons (Fsp3) is 0.222. The fourth-order valence-electron chi connectivity index (χ4n) is 2.41. The highest BCUT2D eigenvalue weighted by Gasteiger charge is 2.15. The highest BCUT2D eigenvalue weighted by atomic mass is 32.1. The van der Waals surface area contributed by atoms with Gasteiger partial charge in [-0.2, -0.15) is 0 Å². The first-order chi connectivity index (χ1) is 12.7. The van der Waals surface area contributed by atoms with E-state index < -0.39 is 6.03 Å². The summed E-state index contributed by atoms with van der Waals surface area (Å²) in [5.74, 6) is 0.291. The zero-order valence-corrected chi connectivity index (χ0v) is 15.6. The zero-order valence-electron chi connectivity index (χ0n) is 14.0. The van der Waals surface area contributed by atoms with Gasteiger partial charge >= 0.3 is 6.03 Å². The van der Waals surface area contributed by atoms with Crippen molar-refractivity contribution in [2.75, 3.05) is 6.54 Å². The van der Waals surface area contributed by atoms with E-state index in [1.807, 2.05) is 39.9 Å². The van der Waals surface area contributed by atoms with Crippen LogP contribution in [0.4, 0.5) is 4.79 Å². The maximum Gasteiger partial charge on any atom is 0.321 e. The second-order valence-electron chi connectivity index (χ2n) is 5.61. The number of carbonyl (C=O) groups is 2. The van der Waals surface area contributed by atoms with Crippen LogP contribution < -0.4 is 10.6 Å². The van der Waals surface area contributed by atoms with Gasteiger partial charge in [0.1, 0.15) is 5.76 Å². The molecule has 0 bridgehead atoms. The lowest BCUT2D eigenvalue weighted by Crippen LogP contribution is -2.43. The Labute approximate surface area is 159 Å². The minimum Gasteiger partial charge on any atom is -0.467 e. The Morgan fingerprint density at radius 1 is 1.00 bits per heavy atom. The van der Waals surface area contributed by atoms with Crippen LogP contribution in [0.1, 0.15) is 15.5 Å². The first-order valence-electron chi connectivity index (χ1n) is 8.06. The fourth-order valence-corrected chi connectivity index (χ4v) is 3.90. The Morgan fingerprint density at radius 2 is 1.69 bits per heavy atom. The maximum atomic E-state index is 12.3. The van der Waals surface area contributed by atoms with Crippen molar-refractivity contribution < 1.29 is 14.0 Å². The van der Waals surface area contributed by atoms with Crippen molar-refractivity contribution in [1.29, 1.82) is 0 Å². The van der Waals surface area contributed by atoms with E-state index in [2.05, 4.69) is 10.6 Å². The summed E-state index contributed by atoms with van der Waals surface area (Å²) in [6, 6.07) is 11.0. The number of amides is 3. The minimum atomic E-state index is -0.529. The topological polar surface area (TPSA) is 74.6 Å². The molecule has 3 aromatic rings. The van der Waals surface area contributed by atoms with Crippen LogP contribution in [0.25, 0.3) is 0 Å². The maximum absolute atomic E-state index is 12.3. The molecule has 3 amide bonds. The van der Waals surface area contributed by atoms with Crippen molar-refractivity contribution in [1.82, 2.24) is 15.5 Å². The zero-order chi connectivity index (χ0) is 18.2. The van der Waals surface area contributed by atoms with Crippen LogP contribution in [0.3, 0.4) is 0 Å². The van der Waals surface area contributed by atoms with Crippen LogP contribution in [-0.2, 0) is 24.4 Å². The molecule has 0 atom stereocenters. The molecule has 0 fully saturated rings. The highest BCUT2D eigenvalue weighted by molar-refractivity contribution is 7.10. The molecule has 0 saturated heterocycles. The molecule has 3 aromatic heterocycles. The SMILES string of the molecule is O=C(CN(Cc1cccs1)Cc1cccs1)NC(=O)NCc1ccco1. The molecule has 0 aliphatic carbocycles. The van der Waals surface area contributed by atoms with E-state index in [4.69, 9.17) is 4.42 Å². The van der Waals surface area contributed by atoms with Gasteiger partial charge in [-0.05, 0) is 35.0 Å². The standard InChI is InChI=1S/C18H19N3O3S2/c22-17(20-18(23)19-10-14-4-1-7-24-14)13-21(11-15-5-2-8-25-15)12-16-6-3-9-26-16/h1-9H,10-13H2,(H2,19,20,22,23). The van der Waals surface area contributed by atoms with Crippen molar-refractivity contribution in [2.24, 2.45) is 0 Å². The number of hydrogen-bond acceptors (Lipinski definition) is 6. The summed E-state index contributed by atoms with van der Waals surface area (Å²) >= 11 is 3.30. The average Bonchev–Trinajstić information content (AvgIpc) is 3.36. The largest absolute Gasteiger partial charge is 0.467 e. The van der Waals surface area contributed by atoms with Crippen molar-refractivity contribution in [3.8, 4) is 0 Å². The van der Waals surface area contributed by atoms with Crippen molar-refractivity contribution >= 4 is 34.6 Å². The van der Waals surface area contributed by atoms with Crippen LogP contribution in [0.15, 0.2) is 57.8 Å². The highest BCUT2D eigenvalue weighted by Crippen LogP contribution is 2.16. The molecule has 2 N–H and O–H groups in total. The van der Waals surface area contributed by atoms with Gasteiger partial charge in [0, 0.05) is 22.8 Å². The van der Waals surface area contributed by atoms with Gasteiger partial charge in [0.05, 0.1) is 19.4 Å². The molecule has 0 radical (unpaired) electrons. The van der Waals surface area contributed by atoms with Crippen molar-refractivity contribution in [2.45, 2.75) is 19.6 Å². The molecule has 8 heteroatoms. The second kappa shape index (κ2) is 9.33. The number of hydrogen-bond donors (Lipinski definition) is 2. The molecule has 3 heterocycles. The number of furan rings is 1. The second-order valence-corrected chi connectivity index (χ2v) is 7.68. The molecule has 26 heavy (non-hydrogen) atoms. The van der Waals surface area contributed by atoms with Gasteiger partial charge in [-0.25, -0.2) is 4.79 Å². The first-order valence-corrected chi connectivity index (χ1v) is 9.82. The van der Waals surface area contributed by atoms with Crippen LogP contribution in [0, 0.1) is 0 Å². The third kappa shape index (κ3) is 5.83. The van der Waals surface area contributed by atoms with Crippen LogP contribution in [-0.4, -0.2) is 23.4 Å². The van der Waals surface area contributed by atoms with Gasteiger partial charge in [-0.3, -0.25) is 15.0 Å². The van der Waals surface area contributed by atoms with E-state index in [9.17, 15) is 9.59 Å². The number of urea groups is 1. The predicted molar refractivity (Wildman–Crippen MR) is 102 cm³/mol. The summed E-state index contributed by atoms with van der Waals surface area (Å²) < 4.78 is 5.14. The smallest absolute Gasteiger partial charge is 0.321 e. The van der Waals surface area contributed by atoms with E-state index >= 15 is 0 Å². The summed E-state index contributed by atoms with van der Waals surface area (Å²) in [4.78, 5) is 28.5. The Morgan fingerprint density at radius 3 is 2.23 bits per heavy atom. The Balaban J connectivity index is 1.51. The van der Waals surface area contributed by atoms with E-state index in [1.165, 1.54) is 16.0 Å². The Kier molecular flexibility index (Phi) is 6.59. The van der Waals surface area contributed by atoms with Gasteiger partial charge in [0.15, 0.2) is 0 Å². The molecule has 6 nitrogen and oxygen atoms in total. The van der Waals surface area contributed by atoms with Gasteiger partial charge in [-0.1, -0.05) is 12.1 Å². The van der Waals surface area contributed by atoms with Crippen LogP contribution >= 0.6 is 22.7 Å². The lowest BCUT2D eigenvalue weighted by Gasteiger charge is -2.20. The number of nitrogens with one attached hydrogen (secondary N) is 2. The third-order valence-corrected chi connectivity index (χ3v) is 5.26. The monoisotopic (exact) mass is 389 g/mol. The van der Waals surface area contributed by atoms with Crippen molar-refractivity contribution in [3.05, 3.63) is 68.9 Å². The van der Waals surface area contributed by atoms with E-state index in [-0.39, 0.29) is 19.0 Å². The number of imide groups is 1. The third-order valence-electron chi connectivity index (χ3n) is 3.54. The summed E-state index contributed by atoms with van der Waals surface area (Å²) in [6.07, 6.45) is 1.53. The molecule has 0 saturated carbocycles. The predicted octanol–water partition coefficient (Wildman–Crippen LogP) is 3.43. The molecule has 0 aliphatic rings. The number of thiophene rings is 2. The quantitative estimate of drug-likeness (QED) is 0.619. The Hall–Kier alpha value is -2.42.